The van der Waals surface area contributed by atoms with Gasteiger partial charge in [0, 0.05) is 5.56 Å². The van der Waals surface area contributed by atoms with Crippen molar-refractivity contribution in [3.63, 3.8) is 0 Å². The van der Waals surface area contributed by atoms with E-state index in [-0.39, 0.29) is 38.8 Å². The number of hydroxylamine groups is 1. The second-order valence-corrected chi connectivity index (χ2v) is 26.2. The normalized spacial score (nSPS) is 12.9. The first kappa shape index (κ1) is 38.0. The minimum atomic E-state index is -4.56. The van der Waals surface area contributed by atoms with Gasteiger partial charge in [-0.05, 0) is 64.0 Å². The molecule has 258 valence electrons. The summed E-state index contributed by atoms with van der Waals surface area (Å²) in [6.07, 6.45) is -1.05. The lowest BCUT2D eigenvalue weighted by Gasteiger charge is -2.35. The van der Waals surface area contributed by atoms with Gasteiger partial charge in [-0.25, -0.2) is 14.0 Å². The molecule has 14 heteroatoms. The van der Waals surface area contributed by atoms with Gasteiger partial charge in [-0.1, -0.05) is 70.2 Å². The molecular formula is C33H46FNO9SSi2. The molecule has 1 amide bonds. The molecule has 10 nitrogen and oxygen atoms in total. The molecule has 0 saturated heterocycles. The van der Waals surface area contributed by atoms with Gasteiger partial charge in [-0.15, -0.1) is 5.48 Å². The van der Waals surface area contributed by atoms with Crippen molar-refractivity contribution in [2.24, 2.45) is 0 Å². The molecule has 0 aliphatic rings. The molecule has 0 aliphatic carbocycles. The summed E-state index contributed by atoms with van der Waals surface area (Å²) in [6.45, 7) is 22.6. The number of carbonyl (C=O) groups is 2. The van der Waals surface area contributed by atoms with Crippen LogP contribution in [0.3, 0.4) is 0 Å². The quantitative estimate of drug-likeness (QED) is 0.134. The lowest BCUT2D eigenvalue weighted by atomic mass is 10.0. The Morgan fingerprint density at radius 1 is 0.936 bits per heavy atom. The SMILES string of the molecule is Cc1ccc(S(=O)(=O)Oc2c(C(=O)ONC(=O)OC(C)(C)C)cccc2-c2c(CO[Si](C)(C)C(C)(C)C)oc([Si](C)(C)C)c2F)cc1. The average molecular weight is 708 g/mol. The Hall–Kier alpha value is -3.47. The van der Waals surface area contributed by atoms with Gasteiger partial charge in [0.2, 0.25) is 0 Å². The number of carbonyl (C=O) groups excluding carboxylic acids is 2. The summed E-state index contributed by atoms with van der Waals surface area (Å²) in [5.41, 5.74) is 1.26. The summed E-state index contributed by atoms with van der Waals surface area (Å²) in [5, 5.41) is -0.0190. The maximum absolute atomic E-state index is 16.6. The third kappa shape index (κ3) is 9.33. The molecule has 0 atom stereocenters. The number of ether oxygens (including phenoxy) is 1. The lowest BCUT2D eigenvalue weighted by molar-refractivity contribution is -0.00141. The number of hydrogen-bond donors (Lipinski definition) is 1. The van der Waals surface area contributed by atoms with Crippen LogP contribution in [0.2, 0.25) is 37.8 Å². The van der Waals surface area contributed by atoms with E-state index in [1.807, 2.05) is 38.2 Å². The van der Waals surface area contributed by atoms with Gasteiger partial charge in [0.1, 0.15) is 35.3 Å². The van der Waals surface area contributed by atoms with Crippen LogP contribution in [-0.2, 0) is 30.7 Å². The van der Waals surface area contributed by atoms with Crippen LogP contribution in [0.1, 0.15) is 63.2 Å². The van der Waals surface area contributed by atoms with E-state index in [4.69, 9.17) is 22.6 Å². The first-order valence-corrected chi connectivity index (χ1v) is 23.0. The molecule has 0 saturated carbocycles. The van der Waals surface area contributed by atoms with Gasteiger partial charge in [0.15, 0.2) is 19.9 Å². The second kappa shape index (κ2) is 13.6. The standard InChI is InChI=1S/C33H46FNO9SSi2/c1-21-16-18-22(19-17-21)45(38,39)44-28-23(14-13-15-24(28)29(36)43-35-31(37)42-32(2,3)4)26-25(20-40-47(11,12)33(5,6)7)41-30(27(26)34)46(8,9)10/h13-19H,20H2,1-12H3,(H,35,37). The molecule has 0 fully saturated rings. The van der Waals surface area contributed by atoms with Crippen molar-refractivity contribution in [1.29, 1.82) is 0 Å². The van der Waals surface area contributed by atoms with E-state index >= 15 is 4.39 Å². The molecule has 1 heterocycles. The maximum Gasteiger partial charge on any atom is 0.441 e. The van der Waals surface area contributed by atoms with Crippen molar-refractivity contribution in [2.75, 3.05) is 0 Å². The lowest BCUT2D eigenvalue weighted by Crippen LogP contribution is -2.40. The molecule has 0 radical (unpaired) electrons. The fourth-order valence-electron chi connectivity index (χ4n) is 4.06. The third-order valence-electron chi connectivity index (χ3n) is 7.61. The highest BCUT2D eigenvalue weighted by Gasteiger charge is 2.39. The second-order valence-electron chi connectivity index (χ2n) is 14.9. The molecular weight excluding hydrogens is 662 g/mol. The van der Waals surface area contributed by atoms with Crippen molar-refractivity contribution in [3.05, 3.63) is 65.2 Å². The van der Waals surface area contributed by atoms with E-state index < -0.39 is 61.3 Å². The zero-order valence-electron chi connectivity index (χ0n) is 29.2. The van der Waals surface area contributed by atoms with Gasteiger partial charge in [-0.2, -0.15) is 8.42 Å². The van der Waals surface area contributed by atoms with Gasteiger partial charge >= 0.3 is 22.2 Å². The molecule has 1 aromatic heterocycles. The van der Waals surface area contributed by atoms with Crippen LogP contribution in [0.25, 0.3) is 11.1 Å². The third-order valence-corrected chi connectivity index (χ3v) is 15.0. The van der Waals surface area contributed by atoms with E-state index in [0.29, 0.717) is 0 Å². The number of nitrogens with one attached hydrogen (secondary N) is 1. The van der Waals surface area contributed by atoms with Crippen LogP contribution in [0.4, 0.5) is 9.18 Å². The average Bonchev–Trinajstić information content (AvgIpc) is 3.25. The highest BCUT2D eigenvalue weighted by atomic mass is 32.2. The van der Waals surface area contributed by atoms with E-state index in [9.17, 15) is 18.0 Å². The van der Waals surface area contributed by atoms with Crippen LogP contribution < -0.4 is 15.0 Å². The smallest absolute Gasteiger partial charge is 0.441 e. The summed E-state index contributed by atoms with van der Waals surface area (Å²) in [5.74, 6) is -2.27. The van der Waals surface area contributed by atoms with E-state index in [1.165, 1.54) is 30.3 Å². The number of amides is 1. The molecule has 0 aliphatic heterocycles. The molecule has 0 unspecified atom stereocenters. The Morgan fingerprint density at radius 3 is 2.06 bits per heavy atom. The number of furan rings is 1. The van der Waals surface area contributed by atoms with Gasteiger partial charge in [0.25, 0.3) is 0 Å². The highest BCUT2D eigenvalue weighted by Crippen LogP contribution is 2.42. The molecule has 47 heavy (non-hydrogen) atoms. The fraction of sp³-hybridized carbons (Fsp3) is 0.455. The molecule has 0 bridgehead atoms. The minimum absolute atomic E-state index is 0.0769. The molecule has 3 aromatic rings. The monoisotopic (exact) mass is 707 g/mol. The largest absolute Gasteiger partial charge is 0.465 e. The van der Waals surface area contributed by atoms with Gasteiger partial charge < -0.3 is 22.6 Å². The maximum atomic E-state index is 16.6. The topological polar surface area (TPSA) is 130 Å². The Balaban J connectivity index is 2.25. The Bertz CT molecular complexity index is 1730. The zero-order chi connectivity index (χ0) is 35.8. The van der Waals surface area contributed by atoms with E-state index in [2.05, 4.69) is 20.8 Å². The predicted octanol–water partition coefficient (Wildman–Crippen LogP) is 7.83. The van der Waals surface area contributed by atoms with Crippen LogP contribution in [0.5, 0.6) is 5.75 Å². The van der Waals surface area contributed by atoms with Crippen molar-refractivity contribution < 1.29 is 45.0 Å². The van der Waals surface area contributed by atoms with E-state index in [1.54, 1.807) is 39.8 Å². The minimum Gasteiger partial charge on any atom is -0.465 e. The van der Waals surface area contributed by atoms with Gasteiger partial charge in [0.05, 0.1) is 12.2 Å². The summed E-state index contributed by atoms with van der Waals surface area (Å²) >= 11 is 0. The van der Waals surface area contributed by atoms with Crippen LogP contribution >= 0.6 is 0 Å². The van der Waals surface area contributed by atoms with Crippen molar-refractivity contribution in [2.45, 2.75) is 103 Å². The molecule has 0 spiro atoms. The summed E-state index contributed by atoms with van der Waals surface area (Å²) < 4.78 is 67.1. The van der Waals surface area contributed by atoms with Gasteiger partial charge in [-0.3, -0.25) is 0 Å². The zero-order valence-corrected chi connectivity index (χ0v) is 32.0. The number of hydrogen-bond acceptors (Lipinski definition) is 9. The van der Waals surface area contributed by atoms with Crippen molar-refractivity contribution in [1.82, 2.24) is 5.48 Å². The Kier molecular flexibility index (Phi) is 11.0. The molecule has 2 aromatic carbocycles. The summed E-state index contributed by atoms with van der Waals surface area (Å²) in [4.78, 5) is 30.4. The summed E-state index contributed by atoms with van der Waals surface area (Å²) in [7, 11) is -9.35. The van der Waals surface area contributed by atoms with Crippen molar-refractivity contribution in [3.8, 4) is 16.9 Å². The number of halogens is 1. The highest BCUT2D eigenvalue weighted by molar-refractivity contribution is 7.87. The fourth-order valence-corrected chi connectivity index (χ4v) is 7.16. The number of rotatable bonds is 9. The number of aryl methyl sites for hydroxylation is 1. The number of benzene rings is 2. The van der Waals surface area contributed by atoms with Crippen LogP contribution in [0, 0.1) is 12.7 Å². The Morgan fingerprint density at radius 2 is 1.53 bits per heavy atom. The van der Waals surface area contributed by atoms with Crippen molar-refractivity contribution >= 4 is 44.0 Å². The van der Waals surface area contributed by atoms with Crippen LogP contribution in [-0.4, -0.2) is 42.5 Å². The Labute approximate surface area is 279 Å². The summed E-state index contributed by atoms with van der Waals surface area (Å²) in [6, 6.07) is 9.99. The molecule has 3 rings (SSSR count). The number of para-hydroxylation sites is 1. The first-order valence-electron chi connectivity index (χ1n) is 15.1. The predicted molar refractivity (Wildman–Crippen MR) is 183 cm³/mol. The van der Waals surface area contributed by atoms with Crippen LogP contribution in [0.15, 0.2) is 51.8 Å². The molecule has 1 N–H and O–H groups in total. The van der Waals surface area contributed by atoms with E-state index in [0.717, 1.165) is 5.56 Å². The first-order chi connectivity index (χ1) is 21.3.